The molecule has 6 nitrogen and oxygen atoms in total. The Morgan fingerprint density at radius 1 is 1.65 bits per heavy atom. The Hall–Kier alpha value is -1.63. The van der Waals surface area contributed by atoms with Crippen LogP contribution < -0.4 is 11.1 Å². The monoisotopic (exact) mass is 297 g/mol. The fourth-order valence-corrected chi connectivity index (χ4v) is 2.00. The number of pyridine rings is 1. The second-order valence-electron chi connectivity index (χ2n) is 3.63. The summed E-state index contributed by atoms with van der Waals surface area (Å²) in [6, 6.07) is 1.37. The quantitative estimate of drug-likeness (QED) is 0.869. The van der Waals surface area contributed by atoms with Gasteiger partial charge in [0, 0.05) is 17.7 Å². The number of carbonyl (C=O) groups is 1. The van der Waals surface area contributed by atoms with Crippen LogP contribution in [0.5, 0.6) is 0 Å². The first-order valence-electron chi connectivity index (χ1n) is 5.05. The van der Waals surface area contributed by atoms with E-state index in [2.05, 4.69) is 31.2 Å². The lowest BCUT2D eigenvalue weighted by Crippen LogP contribution is -2.28. The molecule has 2 rings (SSSR count). The Morgan fingerprint density at radius 3 is 3.00 bits per heavy atom. The van der Waals surface area contributed by atoms with Crippen LogP contribution >= 0.6 is 15.9 Å². The van der Waals surface area contributed by atoms with Crippen molar-refractivity contribution in [3.8, 4) is 0 Å². The molecule has 0 aromatic carbocycles. The van der Waals surface area contributed by atoms with Crippen molar-refractivity contribution in [3.63, 3.8) is 0 Å². The average Bonchev–Trinajstić information content (AvgIpc) is 2.62. The van der Waals surface area contributed by atoms with Crippen LogP contribution in [0.4, 0.5) is 5.95 Å². The van der Waals surface area contributed by atoms with Crippen molar-refractivity contribution in [2.45, 2.75) is 13.0 Å². The van der Waals surface area contributed by atoms with Gasteiger partial charge in [-0.3, -0.25) is 9.36 Å². The molecular weight excluding hydrogens is 286 g/mol. The summed E-state index contributed by atoms with van der Waals surface area (Å²) in [4.78, 5) is 20.0. The minimum absolute atomic E-state index is 0.138. The lowest BCUT2D eigenvalue weighted by molar-refractivity contribution is -0.123. The maximum absolute atomic E-state index is 11.6. The number of nitrogen functional groups attached to an aromatic ring is 1. The second kappa shape index (κ2) is 4.33. The zero-order chi connectivity index (χ0) is 12.6. The Morgan fingerprint density at radius 2 is 2.35 bits per heavy atom. The summed E-state index contributed by atoms with van der Waals surface area (Å²) >= 11 is 3.31. The molecule has 1 unspecified atom stereocenters. The van der Waals surface area contributed by atoms with E-state index >= 15 is 0 Å². The van der Waals surface area contributed by atoms with Crippen molar-refractivity contribution in [1.82, 2.24) is 19.9 Å². The van der Waals surface area contributed by atoms with Crippen LogP contribution in [0.25, 0.3) is 11.2 Å². The number of hydrogen-bond donors (Lipinski definition) is 2. The molecular formula is C10H12BrN5O. The molecule has 17 heavy (non-hydrogen) atoms. The standard InChI is InChI=1S/C10H12BrN5O/c1-5(9(17)13-2)16-8-7(15-10(16)12)3-6(11)4-14-8/h3-5H,1-2H3,(H2,12,15)(H,13,17). The van der Waals surface area contributed by atoms with E-state index in [0.29, 0.717) is 11.2 Å². The number of fused-ring (bicyclic) bond motifs is 1. The SMILES string of the molecule is CNC(=O)C(C)n1c(N)nc2cc(Br)cnc21. The van der Waals surface area contributed by atoms with Gasteiger partial charge in [0.1, 0.15) is 11.6 Å². The Balaban J connectivity index is 2.61. The number of rotatable bonds is 2. The minimum atomic E-state index is -0.446. The number of carbonyl (C=O) groups excluding carboxylic acids is 1. The summed E-state index contributed by atoms with van der Waals surface area (Å²) in [6.07, 6.45) is 1.65. The van der Waals surface area contributed by atoms with Crippen LogP contribution in [0.15, 0.2) is 16.7 Å². The van der Waals surface area contributed by atoms with E-state index in [0.717, 1.165) is 4.47 Å². The number of aromatic nitrogens is 3. The molecule has 0 aliphatic carbocycles. The normalized spacial score (nSPS) is 12.6. The smallest absolute Gasteiger partial charge is 0.242 e. The number of imidazole rings is 1. The predicted molar refractivity (Wildman–Crippen MR) is 68.4 cm³/mol. The molecule has 0 saturated carbocycles. The van der Waals surface area contributed by atoms with Gasteiger partial charge in [-0.05, 0) is 28.9 Å². The fourth-order valence-electron chi connectivity index (χ4n) is 1.68. The number of likely N-dealkylation sites (N-methyl/N-ethyl adjacent to an activating group) is 1. The highest BCUT2D eigenvalue weighted by Crippen LogP contribution is 2.23. The summed E-state index contributed by atoms with van der Waals surface area (Å²) in [7, 11) is 1.58. The molecule has 1 atom stereocenters. The molecule has 3 N–H and O–H groups in total. The van der Waals surface area contributed by atoms with Gasteiger partial charge in [-0.1, -0.05) is 0 Å². The first-order valence-corrected chi connectivity index (χ1v) is 5.84. The molecule has 7 heteroatoms. The number of nitrogens with two attached hydrogens (primary N) is 1. The number of anilines is 1. The summed E-state index contributed by atoms with van der Waals surface area (Å²) in [5.41, 5.74) is 7.07. The van der Waals surface area contributed by atoms with Crippen LogP contribution in [0.1, 0.15) is 13.0 Å². The van der Waals surface area contributed by atoms with E-state index in [1.807, 2.05) is 6.07 Å². The van der Waals surface area contributed by atoms with E-state index in [1.165, 1.54) is 0 Å². The molecule has 0 aliphatic heterocycles. The topological polar surface area (TPSA) is 85.8 Å². The van der Waals surface area contributed by atoms with Gasteiger partial charge in [-0.2, -0.15) is 0 Å². The van der Waals surface area contributed by atoms with Crippen molar-refractivity contribution in [1.29, 1.82) is 0 Å². The largest absolute Gasteiger partial charge is 0.369 e. The third-order valence-corrected chi connectivity index (χ3v) is 2.97. The summed E-state index contributed by atoms with van der Waals surface area (Å²) in [5.74, 6) is 0.141. The number of nitrogens with zero attached hydrogens (tertiary/aromatic N) is 3. The van der Waals surface area contributed by atoms with Crippen molar-refractivity contribution in [2.24, 2.45) is 0 Å². The van der Waals surface area contributed by atoms with Crippen molar-refractivity contribution in [2.75, 3.05) is 12.8 Å². The lowest BCUT2D eigenvalue weighted by atomic mass is 10.3. The van der Waals surface area contributed by atoms with Gasteiger partial charge in [0.05, 0.1) is 0 Å². The van der Waals surface area contributed by atoms with Gasteiger partial charge < -0.3 is 11.1 Å². The van der Waals surface area contributed by atoms with Gasteiger partial charge >= 0.3 is 0 Å². The van der Waals surface area contributed by atoms with Gasteiger partial charge in [0.25, 0.3) is 0 Å². The number of halogens is 1. The summed E-state index contributed by atoms with van der Waals surface area (Å²) < 4.78 is 2.43. The summed E-state index contributed by atoms with van der Waals surface area (Å²) in [6.45, 7) is 1.75. The van der Waals surface area contributed by atoms with Gasteiger partial charge in [0.15, 0.2) is 5.65 Å². The van der Waals surface area contributed by atoms with Crippen molar-refractivity contribution < 1.29 is 4.79 Å². The molecule has 2 aromatic rings. The molecule has 2 aromatic heterocycles. The third kappa shape index (κ3) is 1.97. The lowest BCUT2D eigenvalue weighted by Gasteiger charge is -2.13. The van der Waals surface area contributed by atoms with Crippen LogP contribution in [0, 0.1) is 0 Å². The molecule has 0 aliphatic rings. The predicted octanol–water partition coefficient (Wildman–Crippen LogP) is 1.08. The Bertz CT molecular complexity index is 579. The van der Waals surface area contributed by atoms with Crippen molar-refractivity contribution in [3.05, 3.63) is 16.7 Å². The number of amides is 1. The molecule has 90 valence electrons. The van der Waals surface area contributed by atoms with E-state index in [9.17, 15) is 4.79 Å². The fraction of sp³-hybridized carbons (Fsp3) is 0.300. The zero-order valence-electron chi connectivity index (χ0n) is 9.44. The second-order valence-corrected chi connectivity index (χ2v) is 4.54. The van der Waals surface area contributed by atoms with Crippen LogP contribution in [-0.4, -0.2) is 27.5 Å². The van der Waals surface area contributed by atoms with Gasteiger partial charge in [-0.25, -0.2) is 9.97 Å². The molecule has 0 saturated heterocycles. The van der Waals surface area contributed by atoms with E-state index in [1.54, 1.807) is 24.7 Å². The third-order valence-electron chi connectivity index (χ3n) is 2.54. The highest BCUT2D eigenvalue weighted by molar-refractivity contribution is 9.10. The highest BCUT2D eigenvalue weighted by Gasteiger charge is 2.20. The molecule has 0 radical (unpaired) electrons. The number of nitrogens with one attached hydrogen (secondary N) is 1. The maximum Gasteiger partial charge on any atom is 0.242 e. The van der Waals surface area contributed by atoms with Gasteiger partial charge in [-0.15, -0.1) is 0 Å². The first kappa shape index (κ1) is 11.8. The zero-order valence-corrected chi connectivity index (χ0v) is 11.0. The minimum Gasteiger partial charge on any atom is -0.369 e. The first-order chi connectivity index (χ1) is 8.04. The van der Waals surface area contributed by atoms with Crippen LogP contribution in [-0.2, 0) is 4.79 Å². The Kier molecular flexibility index (Phi) is 3.01. The van der Waals surface area contributed by atoms with Gasteiger partial charge in [0.2, 0.25) is 11.9 Å². The average molecular weight is 298 g/mol. The van der Waals surface area contributed by atoms with E-state index in [-0.39, 0.29) is 11.9 Å². The molecule has 0 fully saturated rings. The molecule has 2 heterocycles. The van der Waals surface area contributed by atoms with Crippen LogP contribution in [0.3, 0.4) is 0 Å². The van der Waals surface area contributed by atoms with Crippen LogP contribution in [0.2, 0.25) is 0 Å². The molecule has 0 spiro atoms. The summed E-state index contributed by atoms with van der Waals surface area (Å²) in [5, 5.41) is 2.58. The van der Waals surface area contributed by atoms with Crippen molar-refractivity contribution >= 4 is 38.9 Å². The Labute approximate surface area is 106 Å². The number of hydrogen-bond acceptors (Lipinski definition) is 4. The highest BCUT2D eigenvalue weighted by atomic mass is 79.9. The van der Waals surface area contributed by atoms with E-state index in [4.69, 9.17) is 5.73 Å². The molecule has 0 bridgehead atoms. The van der Waals surface area contributed by atoms with E-state index < -0.39 is 6.04 Å². The molecule has 1 amide bonds. The maximum atomic E-state index is 11.6.